The number of hydrogen-bond donors (Lipinski definition) is 1. The van der Waals surface area contributed by atoms with Crippen LogP contribution in [0.25, 0.3) is 11.5 Å². The first-order valence-electron chi connectivity index (χ1n) is 5.87. The molecule has 1 atom stereocenters. The van der Waals surface area contributed by atoms with Crippen LogP contribution in [0.3, 0.4) is 0 Å². The van der Waals surface area contributed by atoms with Gasteiger partial charge >= 0.3 is 0 Å². The number of aromatic nitrogens is 3. The van der Waals surface area contributed by atoms with Crippen LogP contribution in [0.2, 0.25) is 5.02 Å². The van der Waals surface area contributed by atoms with E-state index in [1.165, 1.54) is 0 Å². The Labute approximate surface area is 111 Å². The summed E-state index contributed by atoms with van der Waals surface area (Å²) in [5.41, 5.74) is 7.65. The lowest BCUT2D eigenvalue weighted by atomic mass is 10.1. The molecule has 2 aromatic heterocycles. The van der Waals surface area contributed by atoms with Crippen molar-refractivity contribution in [1.29, 1.82) is 0 Å². The van der Waals surface area contributed by atoms with Gasteiger partial charge in [-0.3, -0.25) is 4.98 Å². The van der Waals surface area contributed by atoms with Crippen molar-refractivity contribution < 1.29 is 0 Å². The van der Waals surface area contributed by atoms with Crippen LogP contribution in [0, 0.1) is 0 Å². The second kappa shape index (κ2) is 5.89. The smallest absolute Gasteiger partial charge is 0.178 e. The van der Waals surface area contributed by atoms with Crippen LogP contribution in [-0.4, -0.2) is 21.0 Å². The predicted octanol–water partition coefficient (Wildman–Crippen LogP) is 2.47. The highest BCUT2D eigenvalue weighted by Crippen LogP contribution is 2.14. The van der Waals surface area contributed by atoms with Gasteiger partial charge in [-0.15, -0.1) is 0 Å². The molecular weight excluding hydrogens is 248 g/mol. The van der Waals surface area contributed by atoms with Crippen molar-refractivity contribution in [2.24, 2.45) is 5.73 Å². The highest BCUT2D eigenvalue weighted by atomic mass is 35.5. The normalized spacial score (nSPS) is 12.4. The molecular formula is C13H15ClN4. The third-order valence-electron chi connectivity index (χ3n) is 2.68. The molecule has 0 fully saturated rings. The topological polar surface area (TPSA) is 64.7 Å². The average Bonchev–Trinajstić information content (AvgIpc) is 2.40. The first-order chi connectivity index (χ1) is 8.69. The lowest BCUT2D eigenvalue weighted by Crippen LogP contribution is -2.21. The SMILES string of the molecule is CCC(N)Cc1cnc(-c2ccc(Cl)cn2)nc1. The third-order valence-corrected chi connectivity index (χ3v) is 2.91. The lowest BCUT2D eigenvalue weighted by molar-refractivity contribution is 0.643. The quantitative estimate of drug-likeness (QED) is 0.919. The molecule has 2 N–H and O–H groups in total. The van der Waals surface area contributed by atoms with E-state index in [0.29, 0.717) is 16.5 Å². The van der Waals surface area contributed by atoms with E-state index in [9.17, 15) is 0 Å². The third kappa shape index (κ3) is 3.24. The maximum Gasteiger partial charge on any atom is 0.178 e. The van der Waals surface area contributed by atoms with Crippen LogP contribution < -0.4 is 5.73 Å². The van der Waals surface area contributed by atoms with Crippen molar-refractivity contribution in [3.8, 4) is 11.5 Å². The Bertz CT molecular complexity index is 495. The van der Waals surface area contributed by atoms with Crippen LogP contribution >= 0.6 is 11.6 Å². The molecule has 0 saturated heterocycles. The summed E-state index contributed by atoms with van der Waals surface area (Å²) in [7, 11) is 0. The fourth-order valence-corrected chi connectivity index (χ4v) is 1.66. The Morgan fingerprint density at radius 1 is 1.17 bits per heavy atom. The Balaban J connectivity index is 2.14. The Morgan fingerprint density at radius 2 is 1.89 bits per heavy atom. The van der Waals surface area contributed by atoms with Gasteiger partial charge in [0.25, 0.3) is 0 Å². The minimum absolute atomic E-state index is 0.160. The van der Waals surface area contributed by atoms with Gasteiger partial charge in [0, 0.05) is 24.6 Å². The van der Waals surface area contributed by atoms with Crippen LogP contribution in [-0.2, 0) is 6.42 Å². The fourth-order valence-electron chi connectivity index (χ4n) is 1.55. The minimum Gasteiger partial charge on any atom is -0.327 e. The van der Waals surface area contributed by atoms with E-state index in [4.69, 9.17) is 17.3 Å². The van der Waals surface area contributed by atoms with Crippen LogP contribution in [0.15, 0.2) is 30.7 Å². The molecule has 0 saturated carbocycles. The first-order valence-corrected chi connectivity index (χ1v) is 6.25. The molecule has 0 bridgehead atoms. The van der Waals surface area contributed by atoms with E-state index in [2.05, 4.69) is 21.9 Å². The number of rotatable bonds is 4. The number of nitrogens with zero attached hydrogens (tertiary/aromatic N) is 3. The second-order valence-electron chi connectivity index (χ2n) is 4.15. The molecule has 0 aromatic carbocycles. The number of halogens is 1. The van der Waals surface area contributed by atoms with Gasteiger partial charge in [-0.05, 0) is 30.5 Å². The van der Waals surface area contributed by atoms with Crippen LogP contribution in [0.5, 0.6) is 0 Å². The van der Waals surface area contributed by atoms with Crippen LogP contribution in [0.4, 0.5) is 0 Å². The summed E-state index contributed by atoms with van der Waals surface area (Å²) in [6.45, 7) is 2.07. The van der Waals surface area contributed by atoms with Gasteiger partial charge in [0.1, 0.15) is 5.69 Å². The summed E-state index contributed by atoms with van der Waals surface area (Å²) in [4.78, 5) is 12.8. The maximum atomic E-state index is 5.89. The fraction of sp³-hybridized carbons (Fsp3) is 0.308. The molecule has 0 amide bonds. The molecule has 0 aliphatic rings. The monoisotopic (exact) mass is 262 g/mol. The average molecular weight is 263 g/mol. The van der Waals surface area contributed by atoms with E-state index in [-0.39, 0.29) is 6.04 Å². The zero-order valence-electron chi connectivity index (χ0n) is 10.2. The van der Waals surface area contributed by atoms with E-state index in [0.717, 1.165) is 18.4 Å². The van der Waals surface area contributed by atoms with E-state index in [1.807, 2.05) is 0 Å². The minimum atomic E-state index is 0.160. The molecule has 0 aliphatic carbocycles. The zero-order valence-corrected chi connectivity index (χ0v) is 10.9. The van der Waals surface area contributed by atoms with Gasteiger partial charge in [-0.2, -0.15) is 0 Å². The number of hydrogen-bond acceptors (Lipinski definition) is 4. The summed E-state index contributed by atoms with van der Waals surface area (Å²) < 4.78 is 0. The summed E-state index contributed by atoms with van der Waals surface area (Å²) >= 11 is 5.78. The number of nitrogens with two attached hydrogens (primary N) is 1. The van der Waals surface area contributed by atoms with Gasteiger partial charge in [0.15, 0.2) is 5.82 Å². The largest absolute Gasteiger partial charge is 0.327 e. The molecule has 0 aliphatic heterocycles. The highest BCUT2D eigenvalue weighted by molar-refractivity contribution is 6.30. The molecule has 1 unspecified atom stereocenters. The van der Waals surface area contributed by atoms with Crippen molar-refractivity contribution >= 4 is 11.6 Å². The summed E-state index contributed by atoms with van der Waals surface area (Å²) in [5.74, 6) is 0.598. The van der Waals surface area contributed by atoms with E-state index < -0.39 is 0 Å². The molecule has 0 spiro atoms. The van der Waals surface area contributed by atoms with Gasteiger partial charge in [0.2, 0.25) is 0 Å². The molecule has 2 rings (SSSR count). The van der Waals surface area contributed by atoms with Crippen molar-refractivity contribution in [3.05, 3.63) is 41.3 Å². The lowest BCUT2D eigenvalue weighted by Gasteiger charge is -2.07. The van der Waals surface area contributed by atoms with E-state index >= 15 is 0 Å². The highest BCUT2D eigenvalue weighted by Gasteiger charge is 2.05. The molecule has 18 heavy (non-hydrogen) atoms. The van der Waals surface area contributed by atoms with Gasteiger partial charge < -0.3 is 5.73 Å². The standard InChI is InChI=1S/C13H15ClN4/c1-2-11(15)5-9-6-17-13(18-7-9)12-4-3-10(14)8-16-12/h3-4,6-8,11H,2,5,15H2,1H3. The van der Waals surface area contributed by atoms with Crippen molar-refractivity contribution in [3.63, 3.8) is 0 Å². The molecule has 2 aromatic rings. The predicted molar refractivity (Wildman–Crippen MR) is 72.2 cm³/mol. The van der Waals surface area contributed by atoms with Gasteiger partial charge in [-0.1, -0.05) is 18.5 Å². The molecule has 2 heterocycles. The van der Waals surface area contributed by atoms with E-state index in [1.54, 1.807) is 30.7 Å². The van der Waals surface area contributed by atoms with Crippen molar-refractivity contribution in [1.82, 2.24) is 15.0 Å². The Morgan fingerprint density at radius 3 is 2.44 bits per heavy atom. The van der Waals surface area contributed by atoms with Crippen molar-refractivity contribution in [2.45, 2.75) is 25.8 Å². The summed E-state index contributed by atoms with van der Waals surface area (Å²) in [5, 5.41) is 0.601. The van der Waals surface area contributed by atoms with Gasteiger partial charge in [-0.25, -0.2) is 9.97 Å². The number of pyridine rings is 1. The first kappa shape index (κ1) is 12.9. The Kier molecular flexibility index (Phi) is 4.23. The molecule has 5 heteroatoms. The van der Waals surface area contributed by atoms with Crippen LogP contribution in [0.1, 0.15) is 18.9 Å². The summed E-state index contributed by atoms with van der Waals surface area (Å²) in [6, 6.07) is 3.73. The Hall–Kier alpha value is -1.52. The molecule has 0 radical (unpaired) electrons. The second-order valence-corrected chi connectivity index (χ2v) is 4.59. The summed E-state index contributed by atoms with van der Waals surface area (Å²) in [6.07, 6.45) is 6.93. The maximum absolute atomic E-state index is 5.89. The van der Waals surface area contributed by atoms with Crippen molar-refractivity contribution in [2.75, 3.05) is 0 Å². The molecule has 94 valence electrons. The molecule has 4 nitrogen and oxygen atoms in total. The zero-order chi connectivity index (χ0) is 13.0. The van der Waals surface area contributed by atoms with Gasteiger partial charge in [0.05, 0.1) is 5.02 Å².